The number of guanidine groups is 1. The van der Waals surface area contributed by atoms with Crippen LogP contribution in [0.1, 0.15) is 40.2 Å². The van der Waals surface area contributed by atoms with Gasteiger partial charge in [-0.3, -0.25) is 20.1 Å². The monoisotopic (exact) mass is 482 g/mol. The molecule has 0 aliphatic heterocycles. The van der Waals surface area contributed by atoms with E-state index < -0.39 is 0 Å². The van der Waals surface area contributed by atoms with Crippen molar-refractivity contribution in [2.75, 3.05) is 13.1 Å². The molecule has 1 aromatic carbocycles. The summed E-state index contributed by atoms with van der Waals surface area (Å²) in [6, 6.07) is 11.2. The molecule has 0 unspecified atom stereocenters. The molecule has 2 heterocycles. The van der Waals surface area contributed by atoms with Gasteiger partial charge >= 0.3 is 0 Å². The first-order chi connectivity index (χ1) is 15.1. The molecule has 0 saturated heterocycles. The molecule has 0 aliphatic carbocycles. The number of halogens is 1. The standard InChI is InChI=1S/C23H27BrN6O/c1-17-13-19(24)14-28-21(17)10-6-12-27-23(26-11-5-9-20-15-25-16-29-20)30-22(31)18-7-3-2-4-8-18/h2-4,7-8,13-16H,5-6,9-12H2,1H3,(H,25,29)(H2,26,27,30,31). The summed E-state index contributed by atoms with van der Waals surface area (Å²) in [5, 5.41) is 6.18. The first-order valence-corrected chi connectivity index (χ1v) is 11.1. The molecular formula is C23H27BrN6O. The zero-order valence-electron chi connectivity index (χ0n) is 17.6. The predicted molar refractivity (Wildman–Crippen MR) is 126 cm³/mol. The van der Waals surface area contributed by atoms with E-state index in [2.05, 4.69) is 59.5 Å². The van der Waals surface area contributed by atoms with E-state index >= 15 is 0 Å². The predicted octanol–water partition coefficient (Wildman–Crippen LogP) is 3.82. The third kappa shape index (κ3) is 7.64. The number of hydrogen-bond acceptors (Lipinski definition) is 4. The molecule has 7 nitrogen and oxygen atoms in total. The number of carbonyl (C=O) groups is 1. The second kappa shape index (κ2) is 12.0. The zero-order valence-corrected chi connectivity index (χ0v) is 19.2. The number of nitrogens with one attached hydrogen (secondary N) is 3. The lowest BCUT2D eigenvalue weighted by molar-refractivity contribution is 0.0975. The number of benzene rings is 1. The number of aryl methyl sites for hydroxylation is 3. The number of aromatic nitrogens is 3. The molecule has 3 rings (SSSR count). The average molecular weight is 483 g/mol. The Hall–Kier alpha value is -3.00. The summed E-state index contributed by atoms with van der Waals surface area (Å²) in [6.45, 7) is 3.35. The van der Waals surface area contributed by atoms with Crippen LogP contribution in [0.4, 0.5) is 0 Å². The fourth-order valence-corrected chi connectivity index (χ4v) is 3.53. The van der Waals surface area contributed by atoms with E-state index in [4.69, 9.17) is 0 Å². The van der Waals surface area contributed by atoms with Crippen molar-refractivity contribution >= 4 is 27.8 Å². The highest BCUT2D eigenvalue weighted by Gasteiger charge is 2.08. The summed E-state index contributed by atoms with van der Waals surface area (Å²) >= 11 is 3.45. The number of pyridine rings is 1. The summed E-state index contributed by atoms with van der Waals surface area (Å²) in [6.07, 6.45) is 8.76. The summed E-state index contributed by atoms with van der Waals surface area (Å²) in [5.74, 6) is 0.324. The van der Waals surface area contributed by atoms with Crippen LogP contribution in [0.25, 0.3) is 0 Å². The molecule has 162 valence electrons. The maximum absolute atomic E-state index is 12.5. The normalized spacial score (nSPS) is 11.4. The van der Waals surface area contributed by atoms with Gasteiger partial charge in [0.05, 0.1) is 6.33 Å². The quantitative estimate of drug-likeness (QED) is 0.245. The Kier molecular flexibility index (Phi) is 8.78. The molecule has 0 saturated carbocycles. The van der Waals surface area contributed by atoms with E-state index in [9.17, 15) is 4.79 Å². The van der Waals surface area contributed by atoms with Crippen molar-refractivity contribution in [3.63, 3.8) is 0 Å². The topological polar surface area (TPSA) is 95.1 Å². The van der Waals surface area contributed by atoms with E-state index in [1.54, 1.807) is 18.5 Å². The van der Waals surface area contributed by atoms with Crippen LogP contribution in [0.2, 0.25) is 0 Å². The van der Waals surface area contributed by atoms with E-state index in [0.29, 0.717) is 24.6 Å². The highest BCUT2D eigenvalue weighted by atomic mass is 79.9. The largest absolute Gasteiger partial charge is 0.356 e. The van der Waals surface area contributed by atoms with Crippen LogP contribution in [0.3, 0.4) is 0 Å². The van der Waals surface area contributed by atoms with Gasteiger partial charge in [0.25, 0.3) is 5.91 Å². The van der Waals surface area contributed by atoms with Crippen LogP contribution in [0, 0.1) is 6.92 Å². The van der Waals surface area contributed by atoms with Crippen molar-refractivity contribution in [1.29, 1.82) is 0 Å². The van der Waals surface area contributed by atoms with Gasteiger partial charge in [-0.2, -0.15) is 0 Å². The van der Waals surface area contributed by atoms with Gasteiger partial charge in [-0.25, -0.2) is 4.98 Å². The minimum Gasteiger partial charge on any atom is -0.356 e. The Labute approximate surface area is 191 Å². The Bertz CT molecular complexity index is 989. The number of aliphatic imine (C=N–C) groups is 1. The number of nitrogens with zero attached hydrogens (tertiary/aromatic N) is 3. The molecule has 0 aliphatic rings. The minimum absolute atomic E-state index is 0.175. The molecule has 8 heteroatoms. The third-order valence-electron chi connectivity index (χ3n) is 4.73. The van der Waals surface area contributed by atoms with Crippen molar-refractivity contribution < 1.29 is 4.79 Å². The highest BCUT2D eigenvalue weighted by molar-refractivity contribution is 9.10. The smallest absolute Gasteiger partial charge is 0.257 e. The van der Waals surface area contributed by atoms with Crippen LogP contribution in [-0.4, -0.2) is 39.9 Å². The molecule has 0 radical (unpaired) electrons. The van der Waals surface area contributed by atoms with Crippen molar-refractivity contribution in [2.24, 2.45) is 4.99 Å². The zero-order chi connectivity index (χ0) is 21.9. The van der Waals surface area contributed by atoms with Crippen LogP contribution in [0.15, 0.2) is 64.6 Å². The molecule has 3 N–H and O–H groups in total. The van der Waals surface area contributed by atoms with Crippen molar-refractivity contribution in [3.8, 4) is 0 Å². The van der Waals surface area contributed by atoms with Gasteiger partial charge in [-0.1, -0.05) is 18.2 Å². The lowest BCUT2D eigenvalue weighted by atomic mass is 10.1. The van der Waals surface area contributed by atoms with Crippen LogP contribution < -0.4 is 10.6 Å². The van der Waals surface area contributed by atoms with Gasteiger partial charge in [0.1, 0.15) is 0 Å². The van der Waals surface area contributed by atoms with Crippen molar-refractivity contribution in [3.05, 3.63) is 82.1 Å². The lowest BCUT2D eigenvalue weighted by Crippen LogP contribution is -2.41. The van der Waals surface area contributed by atoms with Gasteiger partial charge in [0.15, 0.2) is 5.96 Å². The molecule has 0 fully saturated rings. The van der Waals surface area contributed by atoms with Crippen LogP contribution >= 0.6 is 15.9 Å². The Morgan fingerprint density at radius 3 is 2.74 bits per heavy atom. The Morgan fingerprint density at radius 2 is 2.00 bits per heavy atom. The minimum atomic E-state index is -0.175. The summed E-state index contributed by atoms with van der Waals surface area (Å²) < 4.78 is 0.986. The Balaban J connectivity index is 1.53. The number of rotatable bonds is 9. The molecule has 0 bridgehead atoms. The van der Waals surface area contributed by atoms with Gasteiger partial charge in [-0.15, -0.1) is 0 Å². The number of hydrogen-bond donors (Lipinski definition) is 3. The second-order valence-corrected chi connectivity index (χ2v) is 8.09. The van der Waals surface area contributed by atoms with Gasteiger partial charge < -0.3 is 10.3 Å². The fraction of sp³-hybridized carbons (Fsp3) is 0.304. The number of carbonyl (C=O) groups excluding carboxylic acids is 1. The number of aromatic amines is 1. The van der Waals surface area contributed by atoms with Gasteiger partial charge in [0, 0.05) is 46.9 Å². The number of imidazole rings is 1. The first kappa shape index (κ1) is 22.7. The first-order valence-electron chi connectivity index (χ1n) is 10.3. The Morgan fingerprint density at radius 1 is 1.16 bits per heavy atom. The summed E-state index contributed by atoms with van der Waals surface area (Å²) in [7, 11) is 0. The van der Waals surface area contributed by atoms with Crippen LogP contribution in [0.5, 0.6) is 0 Å². The highest BCUT2D eigenvalue weighted by Crippen LogP contribution is 2.14. The molecule has 0 spiro atoms. The molecule has 0 atom stereocenters. The molecular weight excluding hydrogens is 456 g/mol. The van der Waals surface area contributed by atoms with E-state index in [1.807, 2.05) is 30.6 Å². The maximum Gasteiger partial charge on any atom is 0.257 e. The molecule has 1 amide bonds. The van der Waals surface area contributed by atoms with Crippen LogP contribution in [-0.2, 0) is 12.8 Å². The van der Waals surface area contributed by atoms with Crippen molar-refractivity contribution in [2.45, 2.75) is 32.6 Å². The van der Waals surface area contributed by atoms with Gasteiger partial charge in [0.2, 0.25) is 0 Å². The fourth-order valence-electron chi connectivity index (χ4n) is 3.08. The number of H-pyrrole nitrogens is 1. The number of amides is 1. The summed E-state index contributed by atoms with van der Waals surface area (Å²) in [4.78, 5) is 28.7. The summed E-state index contributed by atoms with van der Waals surface area (Å²) in [5.41, 5.74) is 3.93. The SMILES string of the molecule is Cc1cc(Br)cnc1CCCNC(=NCCCc1cnc[nH]1)NC(=O)c1ccccc1. The van der Waals surface area contributed by atoms with Gasteiger partial charge in [-0.05, 0) is 72.3 Å². The average Bonchev–Trinajstić information content (AvgIpc) is 3.29. The van der Waals surface area contributed by atoms with E-state index in [1.165, 1.54) is 5.56 Å². The van der Waals surface area contributed by atoms with E-state index in [-0.39, 0.29) is 5.91 Å². The van der Waals surface area contributed by atoms with Crippen molar-refractivity contribution in [1.82, 2.24) is 25.6 Å². The van der Waals surface area contributed by atoms with E-state index in [0.717, 1.165) is 41.5 Å². The molecule has 2 aromatic heterocycles. The molecule has 31 heavy (non-hydrogen) atoms. The second-order valence-electron chi connectivity index (χ2n) is 7.18. The molecule has 3 aromatic rings. The third-order valence-corrected chi connectivity index (χ3v) is 5.17. The maximum atomic E-state index is 12.5. The lowest BCUT2D eigenvalue weighted by Gasteiger charge is -2.12.